The summed E-state index contributed by atoms with van der Waals surface area (Å²) in [5.41, 5.74) is 4.08. The topological polar surface area (TPSA) is 54.5 Å². The largest absolute Gasteiger partial charge is 0.326 e. The molecule has 5 nitrogen and oxygen atoms in total. The van der Waals surface area contributed by atoms with E-state index < -0.39 is 0 Å². The number of hydrogen-bond donors (Lipinski definition) is 1. The van der Waals surface area contributed by atoms with Gasteiger partial charge in [-0.3, -0.25) is 14.6 Å². The molecule has 4 rings (SSSR count). The van der Waals surface area contributed by atoms with Crippen molar-refractivity contribution in [1.82, 2.24) is 4.98 Å². The fourth-order valence-electron chi connectivity index (χ4n) is 3.85. The molecular formula is C21H23N3O2. The van der Waals surface area contributed by atoms with Gasteiger partial charge in [-0.15, -0.1) is 0 Å². The zero-order chi connectivity index (χ0) is 18.3. The van der Waals surface area contributed by atoms with Crippen LogP contribution in [0.1, 0.15) is 31.9 Å². The van der Waals surface area contributed by atoms with Crippen LogP contribution in [0.25, 0.3) is 6.08 Å². The first kappa shape index (κ1) is 16.8. The number of fused-ring (bicyclic) bond motifs is 3. The second-order valence-corrected chi connectivity index (χ2v) is 7.52. The second kappa shape index (κ2) is 6.25. The van der Waals surface area contributed by atoms with Gasteiger partial charge in [-0.05, 0) is 23.8 Å². The van der Waals surface area contributed by atoms with E-state index in [1.54, 1.807) is 6.20 Å². The maximum atomic E-state index is 11.5. The molecule has 3 heterocycles. The highest BCUT2D eigenvalue weighted by molar-refractivity contribution is 5.91. The van der Waals surface area contributed by atoms with Crippen LogP contribution in [0, 0.1) is 5.41 Å². The first-order valence-electron chi connectivity index (χ1n) is 8.90. The minimum atomic E-state index is -0.0643. The molecule has 0 spiro atoms. The fraction of sp³-hybridized carbons (Fsp3) is 0.333. The average Bonchev–Trinajstić information content (AvgIpc) is 3.10. The summed E-state index contributed by atoms with van der Waals surface area (Å²) >= 11 is 0. The Morgan fingerprint density at radius 3 is 2.92 bits per heavy atom. The van der Waals surface area contributed by atoms with Crippen LogP contribution >= 0.6 is 0 Å². The summed E-state index contributed by atoms with van der Waals surface area (Å²) < 4.78 is 0. The van der Waals surface area contributed by atoms with Gasteiger partial charge < -0.3 is 5.32 Å². The number of benzene rings is 1. The Labute approximate surface area is 153 Å². The molecule has 2 aliphatic rings. The van der Waals surface area contributed by atoms with Crippen molar-refractivity contribution >= 4 is 23.4 Å². The number of carbonyl (C=O) groups excluding carboxylic acids is 1. The minimum Gasteiger partial charge on any atom is -0.326 e. The van der Waals surface area contributed by atoms with Crippen molar-refractivity contribution in [3.05, 3.63) is 59.9 Å². The first-order valence-corrected chi connectivity index (χ1v) is 8.90. The highest BCUT2D eigenvalue weighted by atomic mass is 16.7. The Kier molecular flexibility index (Phi) is 4.04. The van der Waals surface area contributed by atoms with Crippen molar-refractivity contribution in [1.29, 1.82) is 0 Å². The van der Waals surface area contributed by atoms with Gasteiger partial charge in [0, 0.05) is 42.4 Å². The maximum Gasteiger partial charge on any atom is 0.221 e. The second-order valence-electron chi connectivity index (χ2n) is 7.52. The lowest BCUT2D eigenvalue weighted by atomic mass is 9.78. The van der Waals surface area contributed by atoms with Gasteiger partial charge in [-0.25, -0.2) is 5.06 Å². The van der Waals surface area contributed by atoms with E-state index in [1.807, 2.05) is 35.5 Å². The van der Waals surface area contributed by atoms with Crippen molar-refractivity contribution in [3.63, 3.8) is 0 Å². The number of carbonyl (C=O) groups is 1. The summed E-state index contributed by atoms with van der Waals surface area (Å²) in [6.45, 7) is 6.01. The van der Waals surface area contributed by atoms with Gasteiger partial charge in [-0.2, -0.15) is 0 Å². The molecule has 26 heavy (non-hydrogen) atoms. The molecule has 1 amide bonds. The van der Waals surface area contributed by atoms with Crippen LogP contribution in [0.2, 0.25) is 0 Å². The SMILES string of the molecule is CC(=O)Nc1cccc2c1CC1N2OC(C=Cc2cccnc2)C1(C)C. The first-order chi connectivity index (χ1) is 12.5. The lowest BCUT2D eigenvalue weighted by molar-refractivity contribution is -0.114. The van der Waals surface area contributed by atoms with Gasteiger partial charge in [0.05, 0.1) is 11.7 Å². The molecule has 1 saturated heterocycles. The van der Waals surface area contributed by atoms with Crippen molar-refractivity contribution in [2.45, 2.75) is 39.3 Å². The highest BCUT2D eigenvalue weighted by Crippen LogP contribution is 2.50. The summed E-state index contributed by atoms with van der Waals surface area (Å²) in [4.78, 5) is 22.0. The summed E-state index contributed by atoms with van der Waals surface area (Å²) in [5.74, 6) is -0.0529. The van der Waals surface area contributed by atoms with Crippen LogP contribution in [0.4, 0.5) is 11.4 Å². The molecule has 1 aromatic carbocycles. The fourth-order valence-corrected chi connectivity index (χ4v) is 3.85. The van der Waals surface area contributed by atoms with E-state index in [0.717, 1.165) is 28.9 Å². The number of amides is 1. The van der Waals surface area contributed by atoms with Gasteiger partial charge in [0.2, 0.25) is 5.91 Å². The van der Waals surface area contributed by atoms with Gasteiger partial charge in [-0.1, -0.05) is 38.1 Å². The molecule has 2 aliphatic heterocycles. The standard InChI is InChI=1S/C21H23N3O2/c1-14(25)23-17-7-4-8-18-16(17)12-19-21(2,3)20(26-24(18)19)10-9-15-6-5-11-22-13-15/h4-11,13,19-20H,12H2,1-3H3,(H,23,25). The Morgan fingerprint density at radius 1 is 1.35 bits per heavy atom. The monoisotopic (exact) mass is 349 g/mol. The molecule has 0 saturated carbocycles. The summed E-state index contributed by atoms with van der Waals surface area (Å²) in [5, 5.41) is 4.96. The van der Waals surface area contributed by atoms with E-state index in [0.29, 0.717) is 0 Å². The lowest BCUT2D eigenvalue weighted by Gasteiger charge is -2.26. The number of nitrogens with zero attached hydrogens (tertiary/aromatic N) is 2. The lowest BCUT2D eigenvalue weighted by Crippen LogP contribution is -2.36. The predicted molar refractivity (Wildman–Crippen MR) is 103 cm³/mol. The molecule has 2 atom stereocenters. The minimum absolute atomic E-state index is 0.0229. The van der Waals surface area contributed by atoms with E-state index in [9.17, 15) is 4.79 Å². The number of hydroxylamine groups is 1. The van der Waals surface area contributed by atoms with E-state index in [2.05, 4.69) is 42.4 Å². The van der Waals surface area contributed by atoms with Crippen LogP contribution in [0.3, 0.4) is 0 Å². The van der Waals surface area contributed by atoms with Crippen LogP contribution in [0.15, 0.2) is 48.8 Å². The summed E-state index contributed by atoms with van der Waals surface area (Å²) in [6, 6.07) is 10.2. The molecule has 0 aliphatic carbocycles. The van der Waals surface area contributed by atoms with Gasteiger partial charge in [0.1, 0.15) is 6.10 Å². The van der Waals surface area contributed by atoms with Crippen molar-refractivity contribution in [2.75, 3.05) is 10.4 Å². The molecule has 2 aromatic rings. The quantitative estimate of drug-likeness (QED) is 0.915. The van der Waals surface area contributed by atoms with Crippen molar-refractivity contribution in [3.8, 4) is 0 Å². The predicted octanol–water partition coefficient (Wildman–Crippen LogP) is 3.82. The van der Waals surface area contributed by atoms with Gasteiger partial charge in [0.25, 0.3) is 0 Å². The van der Waals surface area contributed by atoms with E-state index >= 15 is 0 Å². The number of aromatic nitrogens is 1. The Hall–Kier alpha value is -2.66. The van der Waals surface area contributed by atoms with E-state index in [4.69, 9.17) is 4.84 Å². The zero-order valence-corrected chi connectivity index (χ0v) is 15.3. The number of pyridine rings is 1. The molecular weight excluding hydrogens is 326 g/mol. The summed E-state index contributed by atoms with van der Waals surface area (Å²) in [6.07, 6.45) is 8.63. The molecule has 0 radical (unpaired) electrons. The van der Waals surface area contributed by atoms with Crippen LogP contribution < -0.4 is 10.4 Å². The smallest absolute Gasteiger partial charge is 0.221 e. The Bertz CT molecular complexity index is 861. The zero-order valence-electron chi connectivity index (χ0n) is 15.3. The third kappa shape index (κ3) is 2.78. The molecule has 1 fully saturated rings. The highest BCUT2D eigenvalue weighted by Gasteiger charge is 2.52. The van der Waals surface area contributed by atoms with Crippen molar-refractivity contribution in [2.24, 2.45) is 5.41 Å². The molecule has 2 unspecified atom stereocenters. The normalized spacial score (nSPS) is 23.1. The molecule has 1 aromatic heterocycles. The van der Waals surface area contributed by atoms with Crippen LogP contribution in [0.5, 0.6) is 0 Å². The number of nitrogens with one attached hydrogen (secondary N) is 1. The number of anilines is 2. The third-order valence-electron chi connectivity index (χ3n) is 5.35. The molecule has 0 bridgehead atoms. The summed E-state index contributed by atoms with van der Waals surface area (Å²) in [7, 11) is 0. The van der Waals surface area contributed by atoms with Crippen LogP contribution in [-0.4, -0.2) is 23.0 Å². The van der Waals surface area contributed by atoms with Crippen molar-refractivity contribution < 1.29 is 9.63 Å². The van der Waals surface area contributed by atoms with Gasteiger partial charge >= 0.3 is 0 Å². The van der Waals surface area contributed by atoms with Gasteiger partial charge in [0.15, 0.2) is 0 Å². The number of hydrogen-bond acceptors (Lipinski definition) is 4. The average molecular weight is 349 g/mol. The van der Waals surface area contributed by atoms with Crippen LogP contribution in [-0.2, 0) is 16.1 Å². The Morgan fingerprint density at radius 2 is 2.19 bits per heavy atom. The number of rotatable bonds is 3. The Balaban J connectivity index is 1.61. The third-order valence-corrected chi connectivity index (χ3v) is 5.35. The van der Waals surface area contributed by atoms with E-state index in [1.165, 1.54) is 6.92 Å². The maximum absolute atomic E-state index is 11.5. The molecule has 5 heteroatoms. The molecule has 1 N–H and O–H groups in total. The van der Waals surface area contributed by atoms with E-state index in [-0.39, 0.29) is 23.5 Å². The molecule has 134 valence electrons.